The Balaban J connectivity index is 1.80. The van der Waals surface area contributed by atoms with Crippen LogP contribution in [-0.4, -0.2) is 26.5 Å². The number of carboxylic acids is 1. The average Bonchev–Trinajstić information content (AvgIpc) is 3.04. The van der Waals surface area contributed by atoms with E-state index in [1.54, 1.807) is 0 Å². The van der Waals surface area contributed by atoms with Crippen LogP contribution in [0.25, 0.3) is 0 Å². The summed E-state index contributed by atoms with van der Waals surface area (Å²) in [5.74, 6) is -1.28. The van der Waals surface area contributed by atoms with Crippen molar-refractivity contribution in [1.82, 2.24) is 14.9 Å². The Bertz CT molecular complexity index is 758. The van der Waals surface area contributed by atoms with Gasteiger partial charge in [-0.2, -0.15) is 0 Å². The van der Waals surface area contributed by atoms with Crippen LogP contribution in [0.1, 0.15) is 53.7 Å². The molecule has 2 N–H and O–H groups in total. The molecule has 2 aromatic rings. The third-order valence-electron chi connectivity index (χ3n) is 4.94. The minimum absolute atomic E-state index is 0.0168. The number of carbonyl (C=O) groups is 2. The normalized spacial score (nSPS) is 16.4. The number of carboxylic acid groups (broad SMARTS) is 1. The van der Waals surface area contributed by atoms with Gasteiger partial charge in [0, 0.05) is 0 Å². The van der Waals surface area contributed by atoms with Crippen molar-refractivity contribution in [2.24, 2.45) is 0 Å². The summed E-state index contributed by atoms with van der Waals surface area (Å²) in [5, 5.41) is 12.3. The molecule has 0 saturated heterocycles. The van der Waals surface area contributed by atoms with Gasteiger partial charge in [-0.3, -0.25) is 4.79 Å². The van der Waals surface area contributed by atoms with Crippen molar-refractivity contribution in [2.75, 3.05) is 0 Å². The molecule has 6 nitrogen and oxygen atoms in total. The van der Waals surface area contributed by atoms with E-state index in [1.165, 1.54) is 29.1 Å². The van der Waals surface area contributed by atoms with Gasteiger partial charge in [-0.05, 0) is 25.3 Å². The number of imidazole rings is 1. The van der Waals surface area contributed by atoms with Crippen LogP contribution in [-0.2, 0) is 16.9 Å². The lowest BCUT2D eigenvalue weighted by molar-refractivity contribution is -0.124. The largest absolute Gasteiger partial charge is 0.477 e. The molecule has 1 aliphatic carbocycles. The van der Waals surface area contributed by atoms with Gasteiger partial charge in [0.05, 0.1) is 18.1 Å². The van der Waals surface area contributed by atoms with Gasteiger partial charge in [-0.1, -0.05) is 49.1 Å². The number of aromatic carboxylic acids is 1. The van der Waals surface area contributed by atoms with E-state index in [-0.39, 0.29) is 23.7 Å². The van der Waals surface area contributed by atoms with Crippen LogP contribution < -0.4 is 5.32 Å². The van der Waals surface area contributed by atoms with Crippen LogP contribution >= 0.6 is 0 Å². The topological polar surface area (TPSA) is 84.2 Å². The van der Waals surface area contributed by atoms with Crippen molar-refractivity contribution in [3.63, 3.8) is 0 Å². The molecule has 6 heteroatoms. The number of rotatable bonds is 5. The Kier molecular flexibility index (Phi) is 4.88. The third kappa shape index (κ3) is 3.73. The molecule has 0 bridgehead atoms. The first-order valence-electron chi connectivity index (χ1n) is 8.62. The first kappa shape index (κ1) is 17.2. The lowest BCUT2D eigenvalue weighted by Crippen LogP contribution is -2.48. The van der Waals surface area contributed by atoms with E-state index < -0.39 is 5.97 Å². The molecule has 0 spiro atoms. The van der Waals surface area contributed by atoms with Crippen LogP contribution in [0, 0.1) is 6.92 Å². The summed E-state index contributed by atoms with van der Waals surface area (Å²) < 4.78 is 1.36. The van der Waals surface area contributed by atoms with Crippen molar-refractivity contribution in [1.29, 1.82) is 0 Å². The van der Waals surface area contributed by atoms with E-state index in [0.717, 1.165) is 31.2 Å². The van der Waals surface area contributed by atoms with E-state index in [2.05, 4.69) is 34.6 Å². The van der Waals surface area contributed by atoms with Crippen LogP contribution in [0.2, 0.25) is 0 Å². The van der Waals surface area contributed by atoms with Crippen LogP contribution in [0.3, 0.4) is 0 Å². The number of aromatic nitrogens is 2. The molecule has 25 heavy (non-hydrogen) atoms. The van der Waals surface area contributed by atoms with Gasteiger partial charge in [0.1, 0.15) is 12.2 Å². The van der Waals surface area contributed by atoms with E-state index in [9.17, 15) is 9.59 Å². The van der Waals surface area contributed by atoms with Gasteiger partial charge in [0.2, 0.25) is 5.91 Å². The lowest BCUT2D eigenvalue weighted by Gasteiger charge is -2.39. The molecule has 0 radical (unpaired) electrons. The number of amides is 1. The summed E-state index contributed by atoms with van der Waals surface area (Å²) in [7, 11) is 0. The van der Waals surface area contributed by atoms with Gasteiger partial charge < -0.3 is 15.0 Å². The number of hydrogen-bond acceptors (Lipinski definition) is 3. The molecule has 132 valence electrons. The molecule has 1 fully saturated rings. The average molecular weight is 341 g/mol. The Morgan fingerprint density at radius 3 is 2.52 bits per heavy atom. The molecule has 1 aromatic heterocycles. The highest BCUT2D eigenvalue weighted by atomic mass is 16.4. The number of nitrogens with zero attached hydrogens (tertiary/aromatic N) is 2. The molecule has 1 saturated carbocycles. The van der Waals surface area contributed by atoms with E-state index in [1.807, 2.05) is 6.92 Å². The summed E-state index contributed by atoms with van der Waals surface area (Å²) >= 11 is 0. The van der Waals surface area contributed by atoms with Crippen molar-refractivity contribution in [3.05, 3.63) is 53.6 Å². The predicted molar refractivity (Wildman–Crippen MR) is 93.3 cm³/mol. The first-order valence-corrected chi connectivity index (χ1v) is 8.62. The molecular weight excluding hydrogens is 318 g/mol. The highest BCUT2D eigenvalue weighted by Crippen LogP contribution is 2.37. The van der Waals surface area contributed by atoms with Crippen molar-refractivity contribution in [2.45, 2.75) is 51.1 Å². The van der Waals surface area contributed by atoms with Crippen LogP contribution in [0.15, 0.2) is 36.8 Å². The van der Waals surface area contributed by atoms with E-state index >= 15 is 0 Å². The van der Waals surface area contributed by atoms with Crippen molar-refractivity contribution in [3.8, 4) is 0 Å². The number of carbonyl (C=O) groups excluding carboxylic acids is 1. The van der Waals surface area contributed by atoms with Crippen LogP contribution in [0.4, 0.5) is 0 Å². The fourth-order valence-corrected chi connectivity index (χ4v) is 3.60. The van der Waals surface area contributed by atoms with Crippen LogP contribution in [0.5, 0.6) is 0 Å². The smallest absolute Gasteiger partial charge is 0.354 e. The zero-order chi connectivity index (χ0) is 17.9. The highest BCUT2D eigenvalue weighted by molar-refractivity contribution is 5.86. The zero-order valence-electron chi connectivity index (χ0n) is 14.4. The molecule has 0 aliphatic heterocycles. The molecular formula is C19H23N3O3. The summed E-state index contributed by atoms with van der Waals surface area (Å²) in [6.45, 7) is 2.00. The summed E-state index contributed by atoms with van der Waals surface area (Å²) in [4.78, 5) is 27.7. The highest BCUT2D eigenvalue weighted by Gasteiger charge is 2.35. The number of hydrogen-bond donors (Lipinski definition) is 2. The summed E-state index contributed by atoms with van der Waals surface area (Å²) in [6.07, 6.45) is 7.75. The maximum absolute atomic E-state index is 12.6. The maximum atomic E-state index is 12.6. The second kappa shape index (κ2) is 7.09. The standard InChI is InChI=1S/C19H23N3O3/c1-14-5-7-15(8-6-14)19(9-3-2-4-10-19)21-17(23)12-22-13-20-11-16(22)18(24)25/h5-8,11,13H,2-4,9-10,12H2,1H3,(H,21,23)(H,24,25). The first-order chi connectivity index (χ1) is 12.0. The molecule has 0 atom stereocenters. The Labute approximate surface area is 146 Å². The molecule has 1 aromatic carbocycles. The third-order valence-corrected chi connectivity index (χ3v) is 4.94. The number of benzene rings is 1. The van der Waals surface area contributed by atoms with E-state index in [0.29, 0.717) is 0 Å². The van der Waals surface area contributed by atoms with Crippen molar-refractivity contribution < 1.29 is 14.7 Å². The van der Waals surface area contributed by atoms with E-state index in [4.69, 9.17) is 5.11 Å². The molecule has 1 heterocycles. The minimum Gasteiger partial charge on any atom is -0.477 e. The van der Waals surface area contributed by atoms with Gasteiger partial charge in [0.15, 0.2) is 0 Å². The zero-order valence-corrected chi connectivity index (χ0v) is 14.4. The van der Waals surface area contributed by atoms with Gasteiger partial charge in [0.25, 0.3) is 0 Å². The monoisotopic (exact) mass is 341 g/mol. The SMILES string of the molecule is Cc1ccc(C2(NC(=O)Cn3cncc3C(=O)O)CCCCC2)cc1. The van der Waals surface area contributed by atoms with Gasteiger partial charge in [-0.25, -0.2) is 9.78 Å². The fraction of sp³-hybridized carbons (Fsp3) is 0.421. The summed E-state index contributed by atoms with van der Waals surface area (Å²) in [6, 6.07) is 8.30. The van der Waals surface area contributed by atoms with Crippen molar-refractivity contribution >= 4 is 11.9 Å². The van der Waals surface area contributed by atoms with Gasteiger partial charge in [-0.15, -0.1) is 0 Å². The predicted octanol–water partition coefficient (Wildman–Crippen LogP) is 2.87. The quantitative estimate of drug-likeness (QED) is 0.876. The Hall–Kier alpha value is -2.63. The van der Waals surface area contributed by atoms with Gasteiger partial charge >= 0.3 is 5.97 Å². The maximum Gasteiger partial charge on any atom is 0.354 e. The minimum atomic E-state index is -1.09. The molecule has 0 unspecified atom stereocenters. The molecule has 1 aliphatic rings. The fourth-order valence-electron chi connectivity index (χ4n) is 3.60. The molecule has 3 rings (SSSR count). The molecule has 1 amide bonds. The number of nitrogens with one attached hydrogen (secondary N) is 1. The Morgan fingerprint density at radius 1 is 1.20 bits per heavy atom. The summed E-state index contributed by atoms with van der Waals surface area (Å²) in [5.41, 5.74) is 1.96. The second-order valence-corrected chi connectivity index (χ2v) is 6.77. The Morgan fingerprint density at radius 2 is 1.88 bits per heavy atom. The lowest BCUT2D eigenvalue weighted by atomic mass is 9.76. The second-order valence-electron chi connectivity index (χ2n) is 6.77. The number of aryl methyl sites for hydroxylation is 1.